The predicted molar refractivity (Wildman–Crippen MR) is 63.8 cm³/mol. The van der Waals surface area contributed by atoms with Gasteiger partial charge in [-0.3, -0.25) is 14.9 Å². The molecule has 0 bridgehead atoms. The van der Waals surface area contributed by atoms with E-state index < -0.39 is 4.92 Å². The third kappa shape index (κ3) is 3.37. The smallest absolute Gasteiger partial charge is 0.269 e. The van der Waals surface area contributed by atoms with Crippen LogP contribution in [0.5, 0.6) is 0 Å². The van der Waals surface area contributed by atoms with E-state index in [1.54, 1.807) is 12.1 Å². The standard InChI is InChI=1S/C13H15NO3/c15-13(11-6-7-11)3-1-2-10-4-8-12(9-5-10)14(16)17/h4-5,8-9,11H,1-3,6-7H2. The topological polar surface area (TPSA) is 60.2 Å². The normalized spacial score (nSPS) is 14.6. The lowest BCUT2D eigenvalue weighted by Gasteiger charge is -2.00. The van der Waals surface area contributed by atoms with Crippen LogP contribution in [0.25, 0.3) is 0 Å². The molecule has 0 aromatic heterocycles. The number of carbonyl (C=O) groups excluding carboxylic acids is 1. The lowest BCUT2D eigenvalue weighted by molar-refractivity contribution is -0.384. The number of hydrogen-bond acceptors (Lipinski definition) is 3. The molecule has 90 valence electrons. The number of benzene rings is 1. The van der Waals surface area contributed by atoms with Crippen LogP contribution in [-0.4, -0.2) is 10.7 Å². The van der Waals surface area contributed by atoms with Crippen LogP contribution >= 0.6 is 0 Å². The summed E-state index contributed by atoms with van der Waals surface area (Å²) < 4.78 is 0. The summed E-state index contributed by atoms with van der Waals surface area (Å²) in [7, 11) is 0. The highest BCUT2D eigenvalue weighted by atomic mass is 16.6. The Morgan fingerprint density at radius 1 is 1.29 bits per heavy atom. The molecule has 1 fully saturated rings. The van der Waals surface area contributed by atoms with Crippen molar-refractivity contribution >= 4 is 11.5 Å². The molecule has 1 aliphatic carbocycles. The second kappa shape index (κ2) is 5.08. The van der Waals surface area contributed by atoms with Gasteiger partial charge in [-0.1, -0.05) is 12.1 Å². The van der Waals surface area contributed by atoms with Gasteiger partial charge in [0.1, 0.15) is 5.78 Å². The summed E-state index contributed by atoms with van der Waals surface area (Å²) in [6, 6.07) is 6.55. The summed E-state index contributed by atoms with van der Waals surface area (Å²) in [5.74, 6) is 0.721. The Balaban J connectivity index is 1.78. The van der Waals surface area contributed by atoms with Gasteiger partial charge in [-0.15, -0.1) is 0 Å². The summed E-state index contributed by atoms with van der Waals surface area (Å²) in [6.45, 7) is 0. The molecule has 0 radical (unpaired) electrons. The minimum Gasteiger partial charge on any atom is -0.299 e. The van der Waals surface area contributed by atoms with Crippen molar-refractivity contribution < 1.29 is 9.72 Å². The van der Waals surface area contributed by atoms with Crippen LogP contribution in [0.1, 0.15) is 31.2 Å². The van der Waals surface area contributed by atoms with Crippen LogP contribution in [0.2, 0.25) is 0 Å². The SMILES string of the molecule is O=C(CCCc1ccc([N+](=O)[O-])cc1)C1CC1. The molecule has 0 atom stereocenters. The van der Waals surface area contributed by atoms with Crippen LogP contribution in [0.3, 0.4) is 0 Å². The van der Waals surface area contributed by atoms with E-state index in [1.165, 1.54) is 12.1 Å². The fraction of sp³-hybridized carbons (Fsp3) is 0.462. The maximum atomic E-state index is 11.4. The predicted octanol–water partition coefficient (Wildman–Crippen LogP) is 2.90. The number of Topliss-reactive ketones (excluding diaryl/α,β-unsaturated/α-hetero) is 1. The van der Waals surface area contributed by atoms with Crippen LogP contribution in [0.4, 0.5) is 5.69 Å². The van der Waals surface area contributed by atoms with E-state index in [0.29, 0.717) is 18.1 Å². The van der Waals surface area contributed by atoms with Gasteiger partial charge in [0.25, 0.3) is 5.69 Å². The van der Waals surface area contributed by atoms with Gasteiger partial charge >= 0.3 is 0 Å². The summed E-state index contributed by atoms with van der Waals surface area (Å²) in [4.78, 5) is 21.5. The Labute approximate surface area is 99.8 Å². The maximum Gasteiger partial charge on any atom is 0.269 e. The van der Waals surface area contributed by atoms with Crippen LogP contribution in [0.15, 0.2) is 24.3 Å². The van der Waals surface area contributed by atoms with Crippen molar-refractivity contribution in [3.63, 3.8) is 0 Å². The first-order valence-corrected chi connectivity index (χ1v) is 5.93. The first kappa shape index (κ1) is 11.8. The number of ketones is 1. The number of rotatable bonds is 6. The molecule has 0 heterocycles. The Hall–Kier alpha value is -1.71. The molecule has 0 saturated heterocycles. The molecule has 1 aliphatic rings. The highest BCUT2D eigenvalue weighted by molar-refractivity contribution is 5.83. The van der Waals surface area contributed by atoms with Gasteiger partial charge in [-0.05, 0) is 31.2 Å². The molecule has 1 saturated carbocycles. The van der Waals surface area contributed by atoms with Gasteiger partial charge in [-0.25, -0.2) is 0 Å². The van der Waals surface area contributed by atoms with E-state index in [9.17, 15) is 14.9 Å². The molecule has 0 aliphatic heterocycles. The number of nitro groups is 1. The Morgan fingerprint density at radius 3 is 2.47 bits per heavy atom. The fourth-order valence-corrected chi connectivity index (χ4v) is 1.86. The Morgan fingerprint density at radius 2 is 1.94 bits per heavy atom. The monoisotopic (exact) mass is 233 g/mol. The number of nitro benzene ring substituents is 1. The average molecular weight is 233 g/mol. The third-order valence-corrected chi connectivity index (χ3v) is 3.07. The molecule has 1 aromatic carbocycles. The molecular formula is C13H15NO3. The van der Waals surface area contributed by atoms with E-state index in [1.807, 2.05) is 0 Å². The van der Waals surface area contributed by atoms with Gasteiger partial charge in [0, 0.05) is 24.5 Å². The van der Waals surface area contributed by atoms with E-state index >= 15 is 0 Å². The van der Waals surface area contributed by atoms with Gasteiger partial charge < -0.3 is 0 Å². The van der Waals surface area contributed by atoms with Crippen LogP contribution in [-0.2, 0) is 11.2 Å². The highest BCUT2D eigenvalue weighted by Gasteiger charge is 2.28. The van der Waals surface area contributed by atoms with E-state index in [4.69, 9.17) is 0 Å². The number of aryl methyl sites for hydroxylation is 1. The molecule has 0 unspecified atom stereocenters. The van der Waals surface area contributed by atoms with Crippen molar-refractivity contribution in [3.05, 3.63) is 39.9 Å². The molecule has 1 aromatic rings. The number of non-ortho nitro benzene ring substituents is 1. The number of carbonyl (C=O) groups is 1. The van der Waals surface area contributed by atoms with Crippen molar-refractivity contribution in [2.24, 2.45) is 5.92 Å². The summed E-state index contributed by atoms with van der Waals surface area (Å²) in [5, 5.41) is 10.5. The molecule has 4 heteroatoms. The largest absolute Gasteiger partial charge is 0.299 e. The summed E-state index contributed by atoms with van der Waals surface area (Å²) in [5.41, 5.74) is 1.17. The quantitative estimate of drug-likeness (QED) is 0.560. The molecule has 0 amide bonds. The summed E-state index contributed by atoms with van der Waals surface area (Å²) in [6.07, 6.45) is 4.43. The van der Waals surface area contributed by atoms with Crippen molar-refractivity contribution in [3.8, 4) is 0 Å². The van der Waals surface area contributed by atoms with Crippen molar-refractivity contribution in [2.75, 3.05) is 0 Å². The van der Waals surface area contributed by atoms with Gasteiger partial charge in [-0.2, -0.15) is 0 Å². The first-order valence-electron chi connectivity index (χ1n) is 5.93. The zero-order chi connectivity index (χ0) is 12.3. The van der Waals surface area contributed by atoms with Gasteiger partial charge in [0.05, 0.1) is 4.92 Å². The molecular weight excluding hydrogens is 218 g/mol. The first-order chi connectivity index (χ1) is 8.16. The number of hydrogen-bond donors (Lipinski definition) is 0. The molecule has 17 heavy (non-hydrogen) atoms. The fourth-order valence-electron chi connectivity index (χ4n) is 1.86. The van der Waals surface area contributed by atoms with Crippen molar-refractivity contribution in [2.45, 2.75) is 32.1 Å². The second-order valence-corrected chi connectivity index (χ2v) is 4.52. The van der Waals surface area contributed by atoms with E-state index in [-0.39, 0.29) is 5.69 Å². The lowest BCUT2D eigenvalue weighted by atomic mass is 10.0. The highest BCUT2D eigenvalue weighted by Crippen LogP contribution is 2.31. The molecule has 0 spiro atoms. The third-order valence-electron chi connectivity index (χ3n) is 3.07. The second-order valence-electron chi connectivity index (χ2n) is 4.52. The minimum atomic E-state index is -0.402. The molecule has 0 N–H and O–H groups in total. The average Bonchev–Trinajstić information content (AvgIpc) is 3.13. The van der Waals surface area contributed by atoms with E-state index in [0.717, 1.165) is 31.2 Å². The molecule has 2 rings (SSSR count). The summed E-state index contributed by atoms with van der Waals surface area (Å²) >= 11 is 0. The van der Waals surface area contributed by atoms with Crippen molar-refractivity contribution in [1.29, 1.82) is 0 Å². The Bertz CT molecular complexity index is 421. The zero-order valence-electron chi connectivity index (χ0n) is 9.59. The van der Waals surface area contributed by atoms with Gasteiger partial charge in [0.15, 0.2) is 0 Å². The van der Waals surface area contributed by atoms with E-state index in [2.05, 4.69) is 0 Å². The number of nitrogens with zero attached hydrogens (tertiary/aromatic N) is 1. The molecule has 4 nitrogen and oxygen atoms in total. The van der Waals surface area contributed by atoms with Crippen LogP contribution in [0, 0.1) is 16.0 Å². The van der Waals surface area contributed by atoms with Crippen molar-refractivity contribution in [1.82, 2.24) is 0 Å². The van der Waals surface area contributed by atoms with Gasteiger partial charge in [0.2, 0.25) is 0 Å². The lowest BCUT2D eigenvalue weighted by Crippen LogP contribution is -2.00. The maximum absolute atomic E-state index is 11.4. The minimum absolute atomic E-state index is 0.114. The zero-order valence-corrected chi connectivity index (χ0v) is 9.59. The Kier molecular flexibility index (Phi) is 3.52. The van der Waals surface area contributed by atoms with Crippen LogP contribution < -0.4 is 0 Å².